The number of imidazole rings is 2. The van der Waals surface area contributed by atoms with Crippen LogP contribution < -0.4 is 10.6 Å². The molecule has 0 spiro atoms. The van der Waals surface area contributed by atoms with Gasteiger partial charge in [0, 0.05) is 5.39 Å². The van der Waals surface area contributed by atoms with E-state index in [9.17, 15) is 4.79 Å². The fourth-order valence-corrected chi connectivity index (χ4v) is 7.43. The van der Waals surface area contributed by atoms with E-state index >= 15 is 0 Å². The van der Waals surface area contributed by atoms with Crippen molar-refractivity contribution in [1.82, 2.24) is 30.6 Å². The van der Waals surface area contributed by atoms with Gasteiger partial charge in [0.05, 0.1) is 28.1 Å². The van der Waals surface area contributed by atoms with Crippen molar-refractivity contribution in [3.63, 3.8) is 0 Å². The summed E-state index contributed by atoms with van der Waals surface area (Å²) < 4.78 is 5.64. The molecule has 1 atom stereocenters. The van der Waals surface area contributed by atoms with E-state index < -0.39 is 17.2 Å². The molecule has 1 aliphatic heterocycles. The van der Waals surface area contributed by atoms with Gasteiger partial charge in [0.25, 0.3) is 0 Å². The highest BCUT2D eigenvalue weighted by atomic mass is 16.6. The van der Waals surface area contributed by atoms with Gasteiger partial charge in [-0.2, -0.15) is 0 Å². The first kappa shape index (κ1) is 29.7. The van der Waals surface area contributed by atoms with Crippen LogP contribution in [0.5, 0.6) is 0 Å². The van der Waals surface area contributed by atoms with Crippen LogP contribution >= 0.6 is 0 Å². The number of ether oxygens (including phenoxy) is 1. The van der Waals surface area contributed by atoms with Gasteiger partial charge >= 0.3 is 6.09 Å². The topological polar surface area (TPSA) is 108 Å². The van der Waals surface area contributed by atoms with E-state index in [1.165, 1.54) is 28.3 Å². The van der Waals surface area contributed by atoms with Crippen molar-refractivity contribution in [3.8, 4) is 22.3 Å². The summed E-state index contributed by atoms with van der Waals surface area (Å²) in [7, 11) is 0. The maximum Gasteiger partial charge on any atom is 0.408 e. The van der Waals surface area contributed by atoms with Crippen LogP contribution in [0.2, 0.25) is 0 Å². The summed E-state index contributed by atoms with van der Waals surface area (Å²) in [6, 6.07) is 26.4. The molecule has 8 heteroatoms. The maximum absolute atomic E-state index is 12.9. The first-order valence-electron chi connectivity index (χ1n) is 17.0. The molecule has 0 bridgehead atoms. The van der Waals surface area contributed by atoms with Gasteiger partial charge in [0.2, 0.25) is 0 Å². The molecular formula is C39H42N6O2. The molecule has 0 radical (unpaired) electrons. The second-order valence-electron chi connectivity index (χ2n) is 14.3. The van der Waals surface area contributed by atoms with Crippen LogP contribution in [-0.2, 0) is 10.3 Å². The summed E-state index contributed by atoms with van der Waals surface area (Å²) in [6.07, 6.45) is 6.82. The second-order valence-corrected chi connectivity index (χ2v) is 14.3. The first-order chi connectivity index (χ1) is 22.7. The highest BCUT2D eigenvalue weighted by Crippen LogP contribution is 2.38. The molecule has 1 unspecified atom stereocenters. The van der Waals surface area contributed by atoms with Crippen molar-refractivity contribution in [2.75, 3.05) is 6.54 Å². The fraction of sp³-hybridized carbons (Fsp3) is 0.359. The Hall–Kier alpha value is -4.69. The third kappa shape index (κ3) is 5.76. The standard InChI is InChI=1S/C39H42N6O2/c1-38(2,3)47-37(46)45-39(19-5-4-6-20-39)36-42-30-17-14-27(23-33(30)43-36)25-11-9-24(10-12-25)26-13-16-29-28(22-26)15-18-31-34(29)44-35(41-31)32-8-7-21-40-32/h9-18,22-23,32,40H,4-8,19-21H2,1-3H3,(H,41,44)(H,42,43)(H,45,46). The molecule has 2 aliphatic rings. The van der Waals surface area contributed by atoms with Gasteiger partial charge in [-0.25, -0.2) is 14.8 Å². The van der Waals surface area contributed by atoms with Crippen LogP contribution in [0.15, 0.2) is 72.8 Å². The van der Waals surface area contributed by atoms with Crippen LogP contribution in [-0.4, -0.2) is 38.2 Å². The number of hydrogen-bond acceptors (Lipinski definition) is 5. The molecule has 3 heterocycles. The number of carbonyl (C=O) groups is 1. The predicted molar refractivity (Wildman–Crippen MR) is 188 cm³/mol. The molecule has 4 aromatic carbocycles. The van der Waals surface area contributed by atoms with Crippen molar-refractivity contribution >= 4 is 38.9 Å². The minimum absolute atomic E-state index is 0.320. The lowest BCUT2D eigenvalue weighted by Crippen LogP contribution is -2.49. The SMILES string of the molecule is CC(C)(C)OC(=O)NC1(c2nc3ccc(-c4ccc(-c5ccc6c(ccc7[nH]c(C8CCCN8)nc76)c5)cc4)cc3[nH]2)CCCCC1. The average molecular weight is 627 g/mol. The Labute approximate surface area is 274 Å². The Morgan fingerprint density at radius 2 is 1.53 bits per heavy atom. The molecular weight excluding hydrogens is 584 g/mol. The minimum atomic E-state index is -0.559. The molecule has 1 aliphatic carbocycles. The molecule has 2 fully saturated rings. The third-order valence-electron chi connectivity index (χ3n) is 9.81. The summed E-state index contributed by atoms with van der Waals surface area (Å²) >= 11 is 0. The smallest absolute Gasteiger partial charge is 0.408 e. The van der Waals surface area contributed by atoms with Gasteiger partial charge in [-0.3, -0.25) is 0 Å². The zero-order valence-corrected chi connectivity index (χ0v) is 27.4. The second kappa shape index (κ2) is 11.5. The molecule has 2 aromatic heterocycles. The number of hydrogen-bond donors (Lipinski definition) is 4. The number of amides is 1. The van der Waals surface area contributed by atoms with Crippen molar-refractivity contribution in [2.24, 2.45) is 0 Å². The fourth-order valence-electron chi connectivity index (χ4n) is 7.43. The van der Waals surface area contributed by atoms with Crippen LogP contribution in [0.3, 0.4) is 0 Å². The number of nitrogens with zero attached hydrogens (tertiary/aromatic N) is 2. The summed E-state index contributed by atoms with van der Waals surface area (Å²) in [4.78, 5) is 30.0. The minimum Gasteiger partial charge on any atom is -0.444 e. The van der Waals surface area contributed by atoms with Crippen LogP contribution in [0.4, 0.5) is 4.79 Å². The Bertz CT molecular complexity index is 2090. The highest BCUT2D eigenvalue weighted by molar-refractivity contribution is 6.05. The van der Waals surface area contributed by atoms with E-state index in [0.29, 0.717) is 6.04 Å². The van der Waals surface area contributed by atoms with Crippen molar-refractivity contribution in [1.29, 1.82) is 0 Å². The number of rotatable bonds is 5. The van der Waals surface area contributed by atoms with Crippen LogP contribution in [0, 0.1) is 0 Å². The molecule has 1 amide bonds. The lowest BCUT2D eigenvalue weighted by Gasteiger charge is -2.36. The van der Waals surface area contributed by atoms with Crippen molar-refractivity contribution < 1.29 is 9.53 Å². The molecule has 1 saturated carbocycles. The molecule has 4 N–H and O–H groups in total. The number of H-pyrrole nitrogens is 2. The molecule has 47 heavy (non-hydrogen) atoms. The maximum atomic E-state index is 12.9. The van der Waals surface area contributed by atoms with Crippen LogP contribution in [0.1, 0.15) is 83.4 Å². The largest absolute Gasteiger partial charge is 0.444 e. The van der Waals surface area contributed by atoms with Crippen molar-refractivity contribution in [2.45, 2.75) is 82.9 Å². The molecule has 240 valence electrons. The number of carbonyl (C=O) groups excluding carboxylic acids is 1. The first-order valence-corrected chi connectivity index (χ1v) is 17.0. The molecule has 8 rings (SSSR count). The summed E-state index contributed by atoms with van der Waals surface area (Å²) in [5, 5.41) is 9.11. The molecule has 8 nitrogen and oxygen atoms in total. The lowest BCUT2D eigenvalue weighted by atomic mass is 9.81. The Kier molecular flexibility index (Phi) is 7.28. The van der Waals surface area contributed by atoms with Gasteiger partial charge in [-0.1, -0.05) is 67.8 Å². The van der Waals surface area contributed by atoms with Gasteiger partial charge < -0.3 is 25.3 Å². The van der Waals surface area contributed by atoms with E-state index in [4.69, 9.17) is 14.7 Å². The summed E-state index contributed by atoms with van der Waals surface area (Å²) in [6.45, 7) is 6.72. The van der Waals surface area contributed by atoms with E-state index in [-0.39, 0.29) is 0 Å². The van der Waals surface area contributed by atoms with Gasteiger partial charge in [-0.05, 0) is 105 Å². The Morgan fingerprint density at radius 1 is 0.809 bits per heavy atom. The normalized spacial score (nSPS) is 18.2. The number of aromatic amines is 2. The molecule has 6 aromatic rings. The monoisotopic (exact) mass is 626 g/mol. The third-order valence-corrected chi connectivity index (χ3v) is 9.81. The molecule has 1 saturated heterocycles. The number of nitrogens with one attached hydrogen (secondary N) is 4. The van der Waals surface area contributed by atoms with Gasteiger partial charge in [0.1, 0.15) is 22.8 Å². The Morgan fingerprint density at radius 3 is 2.26 bits per heavy atom. The van der Waals surface area contributed by atoms with Gasteiger partial charge in [-0.15, -0.1) is 0 Å². The Balaban J connectivity index is 1.05. The van der Waals surface area contributed by atoms with Gasteiger partial charge in [0.15, 0.2) is 0 Å². The number of benzene rings is 4. The quantitative estimate of drug-likeness (QED) is 0.153. The van der Waals surface area contributed by atoms with Crippen molar-refractivity contribution in [3.05, 3.63) is 84.4 Å². The number of fused-ring (bicyclic) bond motifs is 4. The number of alkyl carbamates (subject to hydrolysis) is 1. The predicted octanol–water partition coefficient (Wildman–Crippen LogP) is 9.04. The average Bonchev–Trinajstić information content (AvgIpc) is 3.84. The summed E-state index contributed by atoms with van der Waals surface area (Å²) in [5.74, 6) is 1.85. The summed E-state index contributed by atoms with van der Waals surface area (Å²) in [5.41, 5.74) is 7.48. The van der Waals surface area contributed by atoms with E-state index in [1.54, 1.807) is 0 Å². The number of aromatic nitrogens is 4. The van der Waals surface area contributed by atoms with E-state index in [1.807, 2.05) is 20.8 Å². The van der Waals surface area contributed by atoms with E-state index in [2.05, 4.69) is 93.4 Å². The zero-order valence-electron chi connectivity index (χ0n) is 27.4. The zero-order chi connectivity index (χ0) is 32.2. The highest BCUT2D eigenvalue weighted by Gasteiger charge is 2.39. The van der Waals surface area contributed by atoms with Crippen LogP contribution in [0.25, 0.3) is 55.1 Å². The lowest BCUT2D eigenvalue weighted by molar-refractivity contribution is 0.0412. The van der Waals surface area contributed by atoms with E-state index in [0.717, 1.165) is 89.9 Å².